The number of benzene rings is 2. The first-order valence-corrected chi connectivity index (χ1v) is 11.4. The molecular formula is C23H28FN5O2S. The molecule has 9 heteroatoms. The van der Waals surface area contributed by atoms with Gasteiger partial charge in [-0.15, -0.1) is 10.2 Å². The van der Waals surface area contributed by atoms with Crippen LogP contribution in [0.1, 0.15) is 56.5 Å². The molecule has 3 N–H and O–H groups in total. The Balaban J connectivity index is 1.62. The van der Waals surface area contributed by atoms with Gasteiger partial charge in [0.2, 0.25) is 11.1 Å². The van der Waals surface area contributed by atoms with Crippen molar-refractivity contribution in [1.82, 2.24) is 14.9 Å². The van der Waals surface area contributed by atoms with E-state index in [2.05, 4.69) is 43.2 Å². The Morgan fingerprint density at radius 2 is 1.72 bits per heavy atom. The Morgan fingerprint density at radius 1 is 1.09 bits per heavy atom. The Labute approximate surface area is 191 Å². The number of halogens is 1. The molecule has 3 rings (SSSR count). The van der Waals surface area contributed by atoms with Crippen LogP contribution in [0.25, 0.3) is 0 Å². The van der Waals surface area contributed by atoms with E-state index in [0.29, 0.717) is 16.7 Å². The van der Waals surface area contributed by atoms with E-state index in [-0.39, 0.29) is 35.9 Å². The lowest BCUT2D eigenvalue weighted by Crippen LogP contribution is -2.19. The van der Waals surface area contributed by atoms with E-state index in [0.717, 1.165) is 16.8 Å². The third-order valence-electron chi connectivity index (χ3n) is 4.89. The molecule has 0 radical (unpaired) electrons. The van der Waals surface area contributed by atoms with Gasteiger partial charge >= 0.3 is 0 Å². The highest BCUT2D eigenvalue weighted by Gasteiger charge is 2.17. The van der Waals surface area contributed by atoms with Crippen LogP contribution in [0.2, 0.25) is 0 Å². The number of thioether (sulfide) groups is 1. The largest absolute Gasteiger partial charge is 0.486 e. The maximum Gasteiger partial charge on any atom is 0.234 e. The first kappa shape index (κ1) is 23.6. The van der Waals surface area contributed by atoms with Crippen molar-refractivity contribution in [2.75, 3.05) is 16.9 Å². The molecule has 7 nitrogen and oxygen atoms in total. The van der Waals surface area contributed by atoms with Crippen molar-refractivity contribution >= 4 is 23.4 Å². The second-order valence-electron chi connectivity index (χ2n) is 7.97. The fourth-order valence-corrected chi connectivity index (χ4v) is 3.86. The minimum Gasteiger partial charge on any atom is -0.486 e. The van der Waals surface area contributed by atoms with E-state index >= 15 is 0 Å². The summed E-state index contributed by atoms with van der Waals surface area (Å²) in [7, 11) is 0. The van der Waals surface area contributed by atoms with E-state index in [4.69, 9.17) is 10.6 Å². The summed E-state index contributed by atoms with van der Waals surface area (Å²) in [6.45, 7) is 8.50. The fraction of sp³-hybridized carbons (Fsp3) is 0.348. The van der Waals surface area contributed by atoms with Crippen LogP contribution in [0.3, 0.4) is 0 Å². The minimum absolute atomic E-state index is 0.0708. The van der Waals surface area contributed by atoms with E-state index < -0.39 is 0 Å². The molecule has 0 bridgehead atoms. The van der Waals surface area contributed by atoms with Crippen molar-refractivity contribution in [3.63, 3.8) is 0 Å². The summed E-state index contributed by atoms with van der Waals surface area (Å²) in [4.78, 5) is 12.7. The number of rotatable bonds is 9. The summed E-state index contributed by atoms with van der Waals surface area (Å²) in [6, 6.07) is 11.8. The molecule has 0 unspecified atom stereocenters. The molecule has 2 aromatic carbocycles. The van der Waals surface area contributed by atoms with E-state index in [9.17, 15) is 9.18 Å². The number of nitrogen functional groups attached to an aromatic ring is 1. The number of carbonyl (C=O) groups is 1. The van der Waals surface area contributed by atoms with E-state index in [1.807, 2.05) is 18.2 Å². The summed E-state index contributed by atoms with van der Waals surface area (Å²) in [5.41, 5.74) is 3.10. The number of nitrogens with two attached hydrogens (primary N) is 1. The summed E-state index contributed by atoms with van der Waals surface area (Å²) in [5.74, 6) is 7.17. The van der Waals surface area contributed by atoms with Crippen LogP contribution >= 0.6 is 11.8 Å². The SMILES string of the molecule is CC(C)c1cccc(C(C)C)c1NC(=O)CSc1nnc(COc2ccc(F)cc2)n1N. The number of para-hydroxylation sites is 1. The maximum atomic E-state index is 13.0. The summed E-state index contributed by atoms with van der Waals surface area (Å²) >= 11 is 1.19. The van der Waals surface area contributed by atoms with Gasteiger partial charge in [-0.1, -0.05) is 57.7 Å². The van der Waals surface area contributed by atoms with Crippen LogP contribution in [0.5, 0.6) is 5.75 Å². The topological polar surface area (TPSA) is 95.1 Å². The van der Waals surface area contributed by atoms with E-state index in [1.165, 1.54) is 40.7 Å². The lowest BCUT2D eigenvalue weighted by Gasteiger charge is -2.20. The van der Waals surface area contributed by atoms with Crippen LogP contribution < -0.4 is 15.9 Å². The second-order valence-corrected chi connectivity index (χ2v) is 8.91. The molecule has 32 heavy (non-hydrogen) atoms. The van der Waals surface area contributed by atoms with Gasteiger partial charge in [0.15, 0.2) is 5.82 Å². The number of carbonyl (C=O) groups excluding carboxylic acids is 1. The van der Waals surface area contributed by atoms with Gasteiger partial charge in [0.1, 0.15) is 18.2 Å². The molecule has 1 aromatic heterocycles. The average molecular weight is 458 g/mol. The maximum absolute atomic E-state index is 13.0. The predicted octanol–water partition coefficient (Wildman–Crippen LogP) is 4.69. The zero-order chi connectivity index (χ0) is 23.3. The van der Waals surface area contributed by atoms with Crippen LogP contribution in [0, 0.1) is 5.82 Å². The van der Waals surface area contributed by atoms with Gasteiger partial charge in [0, 0.05) is 5.69 Å². The van der Waals surface area contributed by atoms with Gasteiger partial charge in [-0.25, -0.2) is 9.07 Å². The Hall–Kier alpha value is -3.07. The molecule has 1 amide bonds. The number of nitrogens with one attached hydrogen (secondary N) is 1. The van der Waals surface area contributed by atoms with Crippen LogP contribution in [-0.2, 0) is 11.4 Å². The lowest BCUT2D eigenvalue weighted by atomic mass is 9.92. The normalized spacial score (nSPS) is 11.2. The standard InChI is InChI=1S/C23H28FN5O2S/c1-14(2)18-6-5-7-19(15(3)4)22(18)26-21(30)13-32-23-28-27-20(29(23)25)12-31-17-10-8-16(24)9-11-17/h5-11,14-15H,12-13,25H2,1-4H3,(H,26,30). The van der Waals surface area contributed by atoms with Crippen molar-refractivity contribution in [2.24, 2.45) is 0 Å². The van der Waals surface area contributed by atoms with Gasteiger partial charge < -0.3 is 15.9 Å². The molecule has 0 aliphatic rings. The number of ether oxygens (including phenoxy) is 1. The van der Waals surface area contributed by atoms with Crippen LogP contribution in [-0.4, -0.2) is 26.5 Å². The monoisotopic (exact) mass is 457 g/mol. The van der Waals surface area contributed by atoms with Crippen molar-refractivity contribution in [1.29, 1.82) is 0 Å². The van der Waals surface area contributed by atoms with Crippen LogP contribution in [0.4, 0.5) is 10.1 Å². The number of aromatic nitrogens is 3. The van der Waals surface area contributed by atoms with Gasteiger partial charge in [-0.05, 0) is 47.2 Å². The zero-order valence-corrected chi connectivity index (χ0v) is 19.4. The number of hydrogen-bond donors (Lipinski definition) is 2. The third-order valence-corrected chi connectivity index (χ3v) is 5.83. The van der Waals surface area contributed by atoms with Gasteiger partial charge in [0.25, 0.3) is 0 Å². The zero-order valence-electron chi connectivity index (χ0n) is 18.6. The van der Waals surface area contributed by atoms with Crippen molar-refractivity contribution < 1.29 is 13.9 Å². The lowest BCUT2D eigenvalue weighted by molar-refractivity contribution is -0.113. The molecular weight excluding hydrogens is 429 g/mol. The predicted molar refractivity (Wildman–Crippen MR) is 125 cm³/mol. The highest BCUT2D eigenvalue weighted by molar-refractivity contribution is 7.99. The van der Waals surface area contributed by atoms with Gasteiger partial charge in [-0.2, -0.15) is 0 Å². The molecule has 0 fully saturated rings. The molecule has 0 atom stereocenters. The summed E-state index contributed by atoms with van der Waals surface area (Å²) in [5, 5.41) is 11.5. The first-order valence-electron chi connectivity index (χ1n) is 10.4. The fourth-order valence-electron chi connectivity index (χ4n) is 3.18. The molecule has 1 heterocycles. The number of amides is 1. The van der Waals surface area contributed by atoms with Crippen molar-refractivity contribution in [3.8, 4) is 5.75 Å². The Kier molecular flexibility index (Phi) is 7.74. The molecule has 170 valence electrons. The van der Waals surface area contributed by atoms with Crippen molar-refractivity contribution in [2.45, 2.75) is 51.3 Å². The number of nitrogens with zero attached hydrogens (tertiary/aromatic N) is 3. The first-order chi connectivity index (χ1) is 15.3. The van der Waals surface area contributed by atoms with Crippen molar-refractivity contribution in [3.05, 3.63) is 65.2 Å². The quantitative estimate of drug-likeness (QED) is 0.358. The molecule has 0 saturated heterocycles. The van der Waals surface area contributed by atoms with Gasteiger partial charge in [-0.3, -0.25) is 4.79 Å². The summed E-state index contributed by atoms with van der Waals surface area (Å²) < 4.78 is 19.8. The highest BCUT2D eigenvalue weighted by Crippen LogP contribution is 2.32. The number of anilines is 1. The molecule has 0 aliphatic heterocycles. The average Bonchev–Trinajstić information content (AvgIpc) is 3.11. The molecule has 0 spiro atoms. The molecule has 0 aliphatic carbocycles. The van der Waals surface area contributed by atoms with Gasteiger partial charge in [0.05, 0.1) is 5.75 Å². The number of hydrogen-bond acceptors (Lipinski definition) is 6. The van der Waals surface area contributed by atoms with E-state index in [1.54, 1.807) is 0 Å². The minimum atomic E-state index is -0.340. The van der Waals surface area contributed by atoms with Crippen LogP contribution in [0.15, 0.2) is 47.6 Å². The molecule has 0 saturated carbocycles. The highest BCUT2D eigenvalue weighted by atomic mass is 32.2. The third kappa shape index (κ3) is 5.79. The second kappa shape index (κ2) is 10.5. The Bertz CT molecular complexity index is 1040. The molecule has 3 aromatic rings. The smallest absolute Gasteiger partial charge is 0.234 e. The summed E-state index contributed by atoms with van der Waals surface area (Å²) in [6.07, 6.45) is 0. The Morgan fingerprint density at radius 3 is 2.31 bits per heavy atom.